The summed E-state index contributed by atoms with van der Waals surface area (Å²) >= 11 is 0. The lowest BCUT2D eigenvalue weighted by Gasteiger charge is -2.06. The van der Waals surface area contributed by atoms with Gasteiger partial charge in [0.15, 0.2) is 6.61 Å². The van der Waals surface area contributed by atoms with Crippen LogP contribution in [0, 0.1) is 18.3 Å². The lowest BCUT2D eigenvalue weighted by atomic mass is 10.2. The molecule has 0 fully saturated rings. The SMILES string of the molecule is Cc1nccc(CNCc2ccc(OCC#N)cc2)n1. The van der Waals surface area contributed by atoms with Gasteiger partial charge in [0.25, 0.3) is 0 Å². The molecule has 0 bridgehead atoms. The van der Waals surface area contributed by atoms with Gasteiger partial charge in [-0.25, -0.2) is 9.97 Å². The zero-order valence-corrected chi connectivity index (χ0v) is 11.3. The Labute approximate surface area is 118 Å². The molecule has 0 aliphatic carbocycles. The van der Waals surface area contributed by atoms with Gasteiger partial charge in [-0.15, -0.1) is 0 Å². The third-order valence-electron chi connectivity index (χ3n) is 2.70. The number of nitrogens with zero attached hydrogens (tertiary/aromatic N) is 3. The Balaban J connectivity index is 1.81. The minimum atomic E-state index is 0.0741. The van der Waals surface area contributed by atoms with Crippen molar-refractivity contribution in [3.63, 3.8) is 0 Å². The van der Waals surface area contributed by atoms with Crippen LogP contribution in [0.15, 0.2) is 36.5 Å². The van der Waals surface area contributed by atoms with Crippen molar-refractivity contribution in [3.8, 4) is 11.8 Å². The molecule has 1 N–H and O–H groups in total. The van der Waals surface area contributed by atoms with Gasteiger partial charge >= 0.3 is 0 Å². The van der Waals surface area contributed by atoms with Crippen LogP contribution in [0.1, 0.15) is 17.1 Å². The molecule has 5 nitrogen and oxygen atoms in total. The standard InChI is InChI=1S/C15H16N4O/c1-12-18-8-6-14(19-12)11-17-10-13-2-4-15(5-3-13)20-9-7-16/h2-6,8,17H,9-11H2,1H3. The van der Waals surface area contributed by atoms with Gasteiger partial charge in [0, 0.05) is 19.3 Å². The lowest BCUT2D eigenvalue weighted by molar-refractivity contribution is 0.368. The Morgan fingerprint density at radius 3 is 2.70 bits per heavy atom. The Bertz CT molecular complexity index is 590. The first-order valence-electron chi connectivity index (χ1n) is 6.36. The van der Waals surface area contributed by atoms with Gasteiger partial charge in [-0.05, 0) is 30.7 Å². The topological polar surface area (TPSA) is 70.8 Å². The summed E-state index contributed by atoms with van der Waals surface area (Å²) in [5, 5.41) is 11.8. The summed E-state index contributed by atoms with van der Waals surface area (Å²) in [7, 11) is 0. The van der Waals surface area contributed by atoms with Crippen LogP contribution >= 0.6 is 0 Å². The van der Waals surface area contributed by atoms with Gasteiger partial charge in [0.05, 0.1) is 5.69 Å². The summed E-state index contributed by atoms with van der Waals surface area (Å²) in [5.74, 6) is 1.49. The number of aromatic nitrogens is 2. The Morgan fingerprint density at radius 1 is 1.20 bits per heavy atom. The fraction of sp³-hybridized carbons (Fsp3) is 0.267. The highest BCUT2D eigenvalue weighted by Crippen LogP contribution is 2.11. The number of nitrogens with one attached hydrogen (secondary N) is 1. The maximum Gasteiger partial charge on any atom is 0.174 e. The van der Waals surface area contributed by atoms with Crippen molar-refractivity contribution < 1.29 is 4.74 Å². The molecule has 0 aliphatic rings. The van der Waals surface area contributed by atoms with Gasteiger partial charge in [-0.2, -0.15) is 5.26 Å². The first kappa shape index (κ1) is 14.0. The molecule has 2 rings (SSSR count). The average molecular weight is 268 g/mol. The van der Waals surface area contributed by atoms with E-state index in [1.807, 2.05) is 43.3 Å². The van der Waals surface area contributed by atoms with E-state index in [0.717, 1.165) is 23.6 Å². The van der Waals surface area contributed by atoms with Gasteiger partial charge < -0.3 is 10.1 Å². The highest BCUT2D eigenvalue weighted by atomic mass is 16.5. The number of ether oxygens (including phenoxy) is 1. The van der Waals surface area contributed by atoms with E-state index in [1.54, 1.807) is 6.20 Å². The summed E-state index contributed by atoms with van der Waals surface area (Å²) in [6.07, 6.45) is 1.76. The fourth-order valence-corrected chi connectivity index (χ4v) is 1.76. The molecule has 0 unspecified atom stereocenters. The first-order valence-corrected chi connectivity index (χ1v) is 6.36. The molecular formula is C15H16N4O. The van der Waals surface area contributed by atoms with E-state index < -0.39 is 0 Å². The number of benzene rings is 1. The predicted octanol–water partition coefficient (Wildman–Crippen LogP) is 1.98. The molecule has 0 saturated carbocycles. The second-order valence-corrected chi connectivity index (χ2v) is 4.29. The summed E-state index contributed by atoms with van der Waals surface area (Å²) in [6, 6.07) is 11.5. The normalized spacial score (nSPS) is 10.0. The molecule has 5 heteroatoms. The van der Waals surface area contributed by atoms with E-state index >= 15 is 0 Å². The van der Waals surface area contributed by atoms with E-state index in [2.05, 4.69) is 15.3 Å². The Kier molecular flexibility index (Phi) is 5.04. The van der Waals surface area contributed by atoms with E-state index in [4.69, 9.17) is 10.00 Å². The predicted molar refractivity (Wildman–Crippen MR) is 74.9 cm³/mol. The number of aryl methyl sites for hydroxylation is 1. The monoisotopic (exact) mass is 268 g/mol. The van der Waals surface area contributed by atoms with Crippen molar-refractivity contribution in [2.24, 2.45) is 0 Å². The molecule has 0 aliphatic heterocycles. The van der Waals surface area contributed by atoms with Crippen molar-refractivity contribution in [1.82, 2.24) is 15.3 Å². The van der Waals surface area contributed by atoms with Gasteiger partial charge in [0.2, 0.25) is 0 Å². The van der Waals surface area contributed by atoms with Crippen LogP contribution in [0.2, 0.25) is 0 Å². The highest BCUT2D eigenvalue weighted by molar-refractivity contribution is 5.27. The quantitative estimate of drug-likeness (QED) is 0.867. The zero-order valence-electron chi connectivity index (χ0n) is 11.3. The molecule has 1 heterocycles. The first-order chi connectivity index (χ1) is 9.78. The van der Waals surface area contributed by atoms with Crippen LogP contribution < -0.4 is 10.1 Å². The molecule has 20 heavy (non-hydrogen) atoms. The number of nitriles is 1. The van der Waals surface area contributed by atoms with E-state index in [-0.39, 0.29) is 6.61 Å². The second-order valence-electron chi connectivity index (χ2n) is 4.29. The third-order valence-corrected chi connectivity index (χ3v) is 2.70. The molecule has 0 saturated heterocycles. The van der Waals surface area contributed by atoms with Crippen LogP contribution in [0.3, 0.4) is 0 Å². The van der Waals surface area contributed by atoms with Crippen LogP contribution in [0.5, 0.6) is 5.75 Å². The largest absolute Gasteiger partial charge is 0.479 e. The summed E-state index contributed by atoms with van der Waals surface area (Å²) in [6.45, 7) is 3.41. The number of rotatable bonds is 6. The van der Waals surface area contributed by atoms with Crippen molar-refractivity contribution in [2.75, 3.05) is 6.61 Å². The van der Waals surface area contributed by atoms with Gasteiger partial charge in [-0.1, -0.05) is 12.1 Å². The van der Waals surface area contributed by atoms with Crippen LogP contribution in [-0.4, -0.2) is 16.6 Å². The van der Waals surface area contributed by atoms with Gasteiger partial charge in [-0.3, -0.25) is 0 Å². The summed E-state index contributed by atoms with van der Waals surface area (Å²) in [5.41, 5.74) is 2.13. The highest BCUT2D eigenvalue weighted by Gasteiger charge is 1.98. The molecule has 0 spiro atoms. The van der Waals surface area contributed by atoms with Crippen molar-refractivity contribution in [2.45, 2.75) is 20.0 Å². The molecule has 1 aromatic heterocycles. The van der Waals surface area contributed by atoms with Gasteiger partial charge in [0.1, 0.15) is 17.6 Å². The molecule has 1 aromatic carbocycles. The third kappa shape index (κ3) is 4.34. The van der Waals surface area contributed by atoms with Crippen LogP contribution in [0.25, 0.3) is 0 Å². The maximum absolute atomic E-state index is 8.43. The average Bonchev–Trinajstić information content (AvgIpc) is 2.46. The maximum atomic E-state index is 8.43. The summed E-state index contributed by atoms with van der Waals surface area (Å²) in [4.78, 5) is 8.39. The molecule has 2 aromatic rings. The lowest BCUT2D eigenvalue weighted by Crippen LogP contribution is -2.14. The molecule has 0 radical (unpaired) electrons. The zero-order chi connectivity index (χ0) is 14.2. The van der Waals surface area contributed by atoms with Crippen LogP contribution in [-0.2, 0) is 13.1 Å². The van der Waals surface area contributed by atoms with E-state index in [9.17, 15) is 0 Å². The molecule has 0 atom stereocenters. The molecular weight excluding hydrogens is 252 g/mol. The second kappa shape index (κ2) is 7.22. The number of hydrogen-bond acceptors (Lipinski definition) is 5. The summed E-state index contributed by atoms with van der Waals surface area (Å²) < 4.78 is 5.20. The van der Waals surface area contributed by atoms with Crippen molar-refractivity contribution in [3.05, 3.63) is 53.6 Å². The molecule has 102 valence electrons. The molecule has 0 amide bonds. The Hall–Kier alpha value is -2.45. The van der Waals surface area contributed by atoms with Crippen molar-refractivity contribution in [1.29, 1.82) is 5.26 Å². The van der Waals surface area contributed by atoms with Crippen molar-refractivity contribution >= 4 is 0 Å². The number of hydrogen-bond donors (Lipinski definition) is 1. The Morgan fingerprint density at radius 2 is 2.00 bits per heavy atom. The minimum absolute atomic E-state index is 0.0741. The smallest absolute Gasteiger partial charge is 0.174 e. The minimum Gasteiger partial charge on any atom is -0.479 e. The van der Waals surface area contributed by atoms with E-state index in [1.165, 1.54) is 0 Å². The van der Waals surface area contributed by atoms with Crippen LogP contribution in [0.4, 0.5) is 0 Å². The fourth-order valence-electron chi connectivity index (χ4n) is 1.76. The van der Waals surface area contributed by atoms with E-state index in [0.29, 0.717) is 12.3 Å².